The van der Waals surface area contributed by atoms with Crippen molar-refractivity contribution in [1.29, 1.82) is 0 Å². The Morgan fingerprint density at radius 1 is 1.27 bits per heavy atom. The Morgan fingerprint density at radius 2 is 2.00 bits per heavy atom. The van der Waals surface area contributed by atoms with Crippen LogP contribution in [0.3, 0.4) is 0 Å². The number of rotatable bonds is 3. The van der Waals surface area contributed by atoms with E-state index in [0.29, 0.717) is 0 Å². The first-order chi connectivity index (χ1) is 7.33. The van der Waals surface area contributed by atoms with Crippen LogP contribution >= 0.6 is 0 Å². The van der Waals surface area contributed by atoms with Crippen LogP contribution in [0, 0.1) is 6.92 Å². The van der Waals surface area contributed by atoms with Crippen LogP contribution in [-0.4, -0.2) is 12.2 Å². The second-order valence-corrected chi connectivity index (χ2v) is 3.48. The lowest BCUT2D eigenvalue weighted by atomic mass is 10.1. The molecule has 2 rings (SSSR count). The van der Waals surface area contributed by atoms with Crippen LogP contribution in [0.4, 0.5) is 0 Å². The molecule has 0 unspecified atom stereocenters. The highest BCUT2D eigenvalue weighted by Gasteiger charge is 2.12. The molecular weight excluding hydrogens is 188 g/mol. The Labute approximate surface area is 89.1 Å². The maximum absolute atomic E-state index is 5.34. The molecule has 1 N–H and O–H groups in total. The quantitative estimate of drug-likeness (QED) is 0.830. The maximum Gasteiger partial charge on any atom is 0.170 e. The zero-order valence-electron chi connectivity index (χ0n) is 8.95. The average molecular weight is 202 g/mol. The van der Waals surface area contributed by atoms with Gasteiger partial charge in [0.25, 0.3) is 0 Å². The van der Waals surface area contributed by atoms with E-state index in [1.165, 1.54) is 0 Å². The molecule has 0 atom stereocenters. The molecule has 0 amide bonds. The Hall–Kier alpha value is -1.61. The van der Waals surface area contributed by atoms with Crippen LogP contribution < -0.4 is 5.32 Å². The summed E-state index contributed by atoms with van der Waals surface area (Å²) in [7, 11) is 1.90. The standard InChI is InChI=1S/C12H14N2O/c1-9-11(8-13-2)14-15-12(9)10-6-4-3-5-7-10/h3-7,13H,8H2,1-2H3. The van der Waals surface area contributed by atoms with Crippen LogP contribution in [0.2, 0.25) is 0 Å². The largest absolute Gasteiger partial charge is 0.356 e. The normalized spacial score (nSPS) is 10.5. The van der Waals surface area contributed by atoms with Crippen molar-refractivity contribution < 1.29 is 4.52 Å². The van der Waals surface area contributed by atoms with Crippen LogP contribution in [0.15, 0.2) is 34.9 Å². The van der Waals surface area contributed by atoms with Gasteiger partial charge in [-0.3, -0.25) is 0 Å². The molecule has 0 bridgehead atoms. The van der Waals surface area contributed by atoms with Gasteiger partial charge in [0, 0.05) is 17.7 Å². The Balaban J connectivity index is 2.38. The van der Waals surface area contributed by atoms with Gasteiger partial charge in [-0.2, -0.15) is 0 Å². The highest BCUT2D eigenvalue weighted by Crippen LogP contribution is 2.24. The molecular formula is C12H14N2O. The summed E-state index contributed by atoms with van der Waals surface area (Å²) in [5, 5.41) is 7.11. The summed E-state index contributed by atoms with van der Waals surface area (Å²) in [6.07, 6.45) is 0. The van der Waals surface area contributed by atoms with Gasteiger partial charge in [0.05, 0.1) is 0 Å². The van der Waals surface area contributed by atoms with Gasteiger partial charge in [0.2, 0.25) is 0 Å². The predicted octanol–water partition coefficient (Wildman–Crippen LogP) is 2.37. The fourth-order valence-corrected chi connectivity index (χ4v) is 1.56. The number of hydrogen-bond acceptors (Lipinski definition) is 3. The minimum atomic E-state index is 0.738. The summed E-state index contributed by atoms with van der Waals surface area (Å²) in [4.78, 5) is 0. The molecule has 3 heteroatoms. The Kier molecular flexibility index (Phi) is 2.83. The lowest BCUT2D eigenvalue weighted by molar-refractivity contribution is 0.421. The number of benzene rings is 1. The van der Waals surface area contributed by atoms with E-state index in [-0.39, 0.29) is 0 Å². The van der Waals surface area contributed by atoms with E-state index in [1.54, 1.807) is 0 Å². The number of nitrogens with zero attached hydrogens (tertiary/aromatic N) is 1. The summed E-state index contributed by atoms with van der Waals surface area (Å²) in [5.41, 5.74) is 3.15. The van der Waals surface area contributed by atoms with Crippen molar-refractivity contribution in [2.45, 2.75) is 13.5 Å². The summed E-state index contributed by atoms with van der Waals surface area (Å²) in [5.74, 6) is 0.862. The second kappa shape index (κ2) is 4.28. The third-order valence-electron chi connectivity index (χ3n) is 2.40. The van der Waals surface area contributed by atoms with Gasteiger partial charge in [-0.05, 0) is 14.0 Å². The van der Waals surface area contributed by atoms with Gasteiger partial charge in [0.15, 0.2) is 5.76 Å². The first-order valence-corrected chi connectivity index (χ1v) is 4.98. The molecule has 1 heterocycles. The van der Waals surface area contributed by atoms with Crippen molar-refractivity contribution in [2.75, 3.05) is 7.05 Å². The third-order valence-corrected chi connectivity index (χ3v) is 2.40. The fourth-order valence-electron chi connectivity index (χ4n) is 1.56. The first-order valence-electron chi connectivity index (χ1n) is 4.98. The van der Waals surface area contributed by atoms with Gasteiger partial charge in [-0.15, -0.1) is 0 Å². The van der Waals surface area contributed by atoms with Crippen LogP contribution in [0.25, 0.3) is 11.3 Å². The van der Waals surface area contributed by atoms with Gasteiger partial charge >= 0.3 is 0 Å². The first kappa shape index (κ1) is 9.93. The molecule has 2 aromatic rings. The number of nitrogens with one attached hydrogen (secondary N) is 1. The van der Waals surface area contributed by atoms with E-state index in [0.717, 1.165) is 29.1 Å². The maximum atomic E-state index is 5.34. The molecule has 78 valence electrons. The van der Waals surface area contributed by atoms with E-state index < -0.39 is 0 Å². The lowest BCUT2D eigenvalue weighted by Crippen LogP contribution is -2.06. The summed E-state index contributed by atoms with van der Waals surface area (Å²) in [6.45, 7) is 2.77. The highest BCUT2D eigenvalue weighted by molar-refractivity contribution is 5.61. The molecule has 0 aliphatic carbocycles. The number of hydrogen-bond donors (Lipinski definition) is 1. The van der Waals surface area contributed by atoms with Gasteiger partial charge in [0.1, 0.15) is 5.69 Å². The molecule has 0 aliphatic heterocycles. The SMILES string of the molecule is CNCc1noc(-c2ccccc2)c1C. The molecule has 0 saturated carbocycles. The van der Waals surface area contributed by atoms with E-state index in [4.69, 9.17) is 4.52 Å². The Bertz CT molecular complexity index is 434. The van der Waals surface area contributed by atoms with Crippen molar-refractivity contribution in [2.24, 2.45) is 0 Å². The van der Waals surface area contributed by atoms with Crippen molar-refractivity contribution in [3.63, 3.8) is 0 Å². The molecule has 1 aromatic carbocycles. The van der Waals surface area contributed by atoms with Crippen LogP contribution in [0.5, 0.6) is 0 Å². The predicted molar refractivity (Wildman–Crippen MR) is 59.4 cm³/mol. The second-order valence-electron chi connectivity index (χ2n) is 3.48. The average Bonchev–Trinajstić information content (AvgIpc) is 2.63. The van der Waals surface area contributed by atoms with Gasteiger partial charge in [-0.1, -0.05) is 35.5 Å². The highest BCUT2D eigenvalue weighted by atomic mass is 16.5. The van der Waals surface area contributed by atoms with Gasteiger partial charge in [-0.25, -0.2) is 0 Å². The summed E-state index contributed by atoms with van der Waals surface area (Å²) >= 11 is 0. The topological polar surface area (TPSA) is 38.1 Å². The molecule has 0 aliphatic rings. The fraction of sp³-hybridized carbons (Fsp3) is 0.250. The molecule has 0 spiro atoms. The van der Waals surface area contributed by atoms with Crippen molar-refractivity contribution >= 4 is 0 Å². The molecule has 3 nitrogen and oxygen atoms in total. The molecule has 15 heavy (non-hydrogen) atoms. The summed E-state index contributed by atoms with van der Waals surface area (Å²) < 4.78 is 5.34. The summed E-state index contributed by atoms with van der Waals surface area (Å²) in [6, 6.07) is 10.0. The zero-order chi connectivity index (χ0) is 10.7. The lowest BCUT2D eigenvalue weighted by Gasteiger charge is -1.97. The smallest absolute Gasteiger partial charge is 0.170 e. The van der Waals surface area contributed by atoms with E-state index >= 15 is 0 Å². The van der Waals surface area contributed by atoms with Crippen LogP contribution in [-0.2, 0) is 6.54 Å². The number of aromatic nitrogens is 1. The van der Waals surface area contributed by atoms with Gasteiger partial charge < -0.3 is 9.84 Å². The molecule has 0 fully saturated rings. The minimum absolute atomic E-state index is 0.738. The molecule has 0 saturated heterocycles. The van der Waals surface area contributed by atoms with E-state index in [1.807, 2.05) is 44.3 Å². The van der Waals surface area contributed by atoms with Crippen LogP contribution in [0.1, 0.15) is 11.3 Å². The van der Waals surface area contributed by atoms with E-state index in [9.17, 15) is 0 Å². The zero-order valence-corrected chi connectivity index (χ0v) is 8.95. The monoisotopic (exact) mass is 202 g/mol. The Morgan fingerprint density at radius 3 is 2.67 bits per heavy atom. The third kappa shape index (κ3) is 1.92. The van der Waals surface area contributed by atoms with Crippen molar-refractivity contribution in [3.8, 4) is 11.3 Å². The van der Waals surface area contributed by atoms with Crippen molar-refractivity contribution in [1.82, 2.24) is 10.5 Å². The van der Waals surface area contributed by atoms with E-state index in [2.05, 4.69) is 10.5 Å². The minimum Gasteiger partial charge on any atom is -0.356 e. The molecule has 0 radical (unpaired) electrons. The van der Waals surface area contributed by atoms with Crippen molar-refractivity contribution in [3.05, 3.63) is 41.6 Å². The molecule has 1 aromatic heterocycles.